The third-order valence-electron chi connectivity index (χ3n) is 7.11. The first-order valence-electron chi connectivity index (χ1n) is 12.3. The zero-order valence-corrected chi connectivity index (χ0v) is 22.8. The van der Waals surface area contributed by atoms with Crippen molar-refractivity contribution in [1.82, 2.24) is 5.32 Å². The van der Waals surface area contributed by atoms with E-state index in [0.717, 1.165) is 58.2 Å². The molecular weight excluding hydrogens is 494 g/mol. The number of thioether (sulfide) groups is 1. The number of hydrogen-bond donors (Lipinski definition) is 2. The van der Waals surface area contributed by atoms with E-state index in [1.54, 1.807) is 13.8 Å². The molecule has 0 aliphatic carbocycles. The minimum absolute atomic E-state index is 0.155. The van der Waals surface area contributed by atoms with Crippen molar-refractivity contribution in [3.63, 3.8) is 0 Å². The van der Waals surface area contributed by atoms with Gasteiger partial charge in [0.25, 0.3) is 5.24 Å². The Labute approximate surface area is 221 Å². The molecule has 2 aliphatic heterocycles. The predicted octanol–water partition coefficient (Wildman–Crippen LogP) is 4.91. The maximum absolute atomic E-state index is 11.8. The fraction of sp³-hybridized carbons (Fsp3) is 0.464. The van der Waals surface area contributed by atoms with Crippen LogP contribution in [0.1, 0.15) is 55.0 Å². The molecule has 0 spiro atoms. The van der Waals surface area contributed by atoms with Gasteiger partial charge < -0.3 is 24.6 Å². The molecule has 2 atom stereocenters. The minimum atomic E-state index is -1.34. The van der Waals surface area contributed by atoms with Crippen LogP contribution in [0.15, 0.2) is 24.3 Å². The monoisotopic (exact) mass is 527 g/mol. The summed E-state index contributed by atoms with van der Waals surface area (Å²) in [5.41, 5.74) is 2.78. The van der Waals surface area contributed by atoms with Crippen LogP contribution in [0.4, 0.5) is 4.79 Å². The molecule has 198 valence electrons. The van der Waals surface area contributed by atoms with E-state index in [9.17, 15) is 19.5 Å². The number of carbonyl (C=O) groups is 3. The molecule has 2 heterocycles. The molecule has 1 saturated heterocycles. The summed E-state index contributed by atoms with van der Waals surface area (Å²) in [6.07, 6.45) is 1.93. The number of amides is 1. The number of carboxylic acid groups (broad SMARTS) is 1. The van der Waals surface area contributed by atoms with E-state index in [1.807, 2.05) is 52.0 Å². The summed E-state index contributed by atoms with van der Waals surface area (Å²) >= 11 is 0.718. The van der Waals surface area contributed by atoms with Gasteiger partial charge in [0.2, 0.25) is 5.12 Å². The second-order valence-corrected chi connectivity index (χ2v) is 11.5. The molecule has 1 amide bonds. The number of aliphatic carboxylic acids is 1. The maximum Gasteiger partial charge on any atom is 0.347 e. The topological polar surface area (TPSA) is 111 Å². The van der Waals surface area contributed by atoms with Crippen molar-refractivity contribution in [2.45, 2.75) is 78.0 Å². The van der Waals surface area contributed by atoms with Gasteiger partial charge in [0.15, 0.2) is 5.60 Å². The summed E-state index contributed by atoms with van der Waals surface area (Å²) < 4.78 is 18.6. The van der Waals surface area contributed by atoms with E-state index in [1.165, 1.54) is 0 Å². The Kier molecular flexibility index (Phi) is 7.21. The fourth-order valence-electron chi connectivity index (χ4n) is 4.56. The van der Waals surface area contributed by atoms with Gasteiger partial charge in [-0.1, -0.05) is 12.1 Å². The smallest absolute Gasteiger partial charge is 0.347 e. The van der Waals surface area contributed by atoms with E-state index < -0.39 is 23.2 Å². The van der Waals surface area contributed by atoms with Gasteiger partial charge in [-0.3, -0.25) is 9.59 Å². The lowest BCUT2D eigenvalue weighted by molar-refractivity contribution is -0.152. The minimum Gasteiger partial charge on any atom is -0.489 e. The van der Waals surface area contributed by atoms with Crippen LogP contribution in [0, 0.1) is 20.8 Å². The molecule has 4 rings (SSSR count). The molecule has 1 fully saturated rings. The van der Waals surface area contributed by atoms with Crippen LogP contribution in [0.5, 0.6) is 17.2 Å². The molecule has 0 radical (unpaired) electrons. The molecule has 0 aromatic heterocycles. The van der Waals surface area contributed by atoms with Crippen LogP contribution in [-0.4, -0.2) is 45.3 Å². The molecule has 8 nitrogen and oxygen atoms in total. The number of ether oxygens (including phenoxy) is 3. The Balaban J connectivity index is 1.44. The lowest BCUT2D eigenvalue weighted by atomic mass is 9.87. The fourth-order valence-corrected chi connectivity index (χ4v) is 5.22. The van der Waals surface area contributed by atoms with E-state index in [0.29, 0.717) is 24.5 Å². The number of carbonyl (C=O) groups excluding carboxylic acids is 2. The highest BCUT2D eigenvalue weighted by atomic mass is 32.2. The third-order valence-corrected chi connectivity index (χ3v) is 7.90. The predicted molar refractivity (Wildman–Crippen MR) is 141 cm³/mol. The van der Waals surface area contributed by atoms with Crippen molar-refractivity contribution in [3.8, 4) is 17.2 Å². The van der Waals surface area contributed by atoms with Crippen molar-refractivity contribution in [1.29, 1.82) is 0 Å². The average molecular weight is 528 g/mol. The van der Waals surface area contributed by atoms with Gasteiger partial charge in [-0.05, 0) is 88.8 Å². The molecule has 2 N–H and O–H groups in total. The Morgan fingerprint density at radius 2 is 1.84 bits per heavy atom. The van der Waals surface area contributed by atoms with Gasteiger partial charge in [0.1, 0.15) is 35.5 Å². The highest BCUT2D eigenvalue weighted by molar-refractivity contribution is 8.26. The third kappa shape index (κ3) is 5.56. The number of nitrogens with one attached hydrogen (secondary N) is 1. The lowest BCUT2D eigenvalue weighted by Gasteiger charge is -2.38. The van der Waals surface area contributed by atoms with Crippen LogP contribution >= 0.6 is 11.8 Å². The molecule has 2 aliphatic rings. The Bertz CT molecular complexity index is 1250. The van der Waals surface area contributed by atoms with Gasteiger partial charge in [-0.15, -0.1) is 0 Å². The molecule has 2 unspecified atom stereocenters. The quantitative estimate of drug-likeness (QED) is 0.498. The maximum atomic E-state index is 11.8. The van der Waals surface area contributed by atoms with Crippen LogP contribution in [0.2, 0.25) is 0 Å². The van der Waals surface area contributed by atoms with Gasteiger partial charge >= 0.3 is 5.97 Å². The van der Waals surface area contributed by atoms with E-state index >= 15 is 0 Å². The zero-order chi connectivity index (χ0) is 27.1. The SMILES string of the molecule is Cc1c(C)c2c(c(C)c1OC(C)(C)C(=O)O)CCC(C)(COc1ccc(CC3NC(=O)SC3=O)cc1)O2. The van der Waals surface area contributed by atoms with Crippen molar-refractivity contribution in [2.75, 3.05) is 6.61 Å². The summed E-state index contributed by atoms with van der Waals surface area (Å²) in [6.45, 7) is 11.3. The van der Waals surface area contributed by atoms with Gasteiger partial charge in [0, 0.05) is 23.7 Å². The Hall–Kier alpha value is -3.20. The average Bonchev–Trinajstić information content (AvgIpc) is 3.16. The Morgan fingerprint density at radius 1 is 1.16 bits per heavy atom. The zero-order valence-electron chi connectivity index (χ0n) is 22.0. The summed E-state index contributed by atoms with van der Waals surface area (Å²) in [7, 11) is 0. The van der Waals surface area contributed by atoms with E-state index in [4.69, 9.17) is 14.2 Å². The standard InChI is InChI=1S/C28H33NO7S/c1-15-16(2)23-20(17(3)22(15)35-27(4,5)25(31)32)11-12-28(6,36-23)14-34-19-9-7-18(8-10-19)13-21-24(30)37-26(33)29-21/h7-10,21H,11-14H2,1-6H3,(H,29,33)(H,31,32). The van der Waals surface area contributed by atoms with Crippen molar-refractivity contribution < 1.29 is 33.7 Å². The second-order valence-electron chi connectivity index (χ2n) is 10.5. The molecule has 9 heteroatoms. The van der Waals surface area contributed by atoms with Crippen LogP contribution in [0.3, 0.4) is 0 Å². The van der Waals surface area contributed by atoms with Crippen LogP contribution < -0.4 is 19.5 Å². The highest BCUT2D eigenvalue weighted by Gasteiger charge is 2.37. The summed E-state index contributed by atoms with van der Waals surface area (Å²) in [4.78, 5) is 34.8. The number of hydrogen-bond acceptors (Lipinski definition) is 7. The van der Waals surface area contributed by atoms with E-state index in [-0.39, 0.29) is 10.4 Å². The number of fused-ring (bicyclic) bond motifs is 1. The molecule has 37 heavy (non-hydrogen) atoms. The van der Waals surface area contributed by atoms with Crippen molar-refractivity contribution in [2.24, 2.45) is 0 Å². The van der Waals surface area contributed by atoms with Gasteiger partial charge in [-0.2, -0.15) is 0 Å². The molecule has 0 saturated carbocycles. The number of carboxylic acids is 1. The largest absolute Gasteiger partial charge is 0.489 e. The van der Waals surface area contributed by atoms with Crippen molar-refractivity contribution in [3.05, 3.63) is 52.1 Å². The first-order chi connectivity index (χ1) is 17.3. The number of rotatable bonds is 8. The first kappa shape index (κ1) is 26.9. The van der Waals surface area contributed by atoms with Crippen LogP contribution in [-0.2, 0) is 22.4 Å². The van der Waals surface area contributed by atoms with E-state index in [2.05, 4.69) is 5.32 Å². The lowest BCUT2D eigenvalue weighted by Crippen LogP contribution is -2.43. The van der Waals surface area contributed by atoms with Gasteiger partial charge in [-0.25, -0.2) is 4.79 Å². The normalized spacial score (nSPS) is 21.2. The highest BCUT2D eigenvalue weighted by Crippen LogP contribution is 2.44. The number of benzene rings is 2. The van der Waals surface area contributed by atoms with Crippen LogP contribution in [0.25, 0.3) is 0 Å². The molecule has 0 bridgehead atoms. The first-order valence-corrected chi connectivity index (χ1v) is 13.1. The molecule has 2 aromatic carbocycles. The second kappa shape index (κ2) is 9.93. The van der Waals surface area contributed by atoms with Crippen molar-refractivity contribution >= 4 is 28.1 Å². The molecule has 2 aromatic rings. The summed E-state index contributed by atoms with van der Waals surface area (Å²) in [5, 5.41) is 11.7. The summed E-state index contributed by atoms with van der Waals surface area (Å²) in [6, 6.07) is 7.02. The Morgan fingerprint density at radius 3 is 2.43 bits per heavy atom. The molecular formula is C28H33NO7S. The van der Waals surface area contributed by atoms with Gasteiger partial charge in [0.05, 0.1) is 0 Å². The summed E-state index contributed by atoms with van der Waals surface area (Å²) in [5.74, 6) is 1.08.